The molecule has 0 amide bonds. The van der Waals surface area contributed by atoms with Crippen LogP contribution in [0.3, 0.4) is 0 Å². The zero-order valence-corrected chi connectivity index (χ0v) is 87.9. The van der Waals surface area contributed by atoms with Crippen LogP contribution in [0.15, 0.2) is 182 Å². The Labute approximate surface area is 731 Å². The van der Waals surface area contributed by atoms with E-state index in [-0.39, 0.29) is 48.9 Å². The number of aromatic nitrogens is 2. The van der Waals surface area contributed by atoms with E-state index in [1.165, 1.54) is 251 Å². The highest BCUT2D eigenvalue weighted by atomic mass is 33.4. The van der Waals surface area contributed by atoms with Crippen molar-refractivity contribution < 1.29 is 0 Å². The minimum Gasteiger partial charge on any atom is -0.172 e. The molecule has 0 spiro atoms. The lowest BCUT2D eigenvalue weighted by atomic mass is 9.65. The van der Waals surface area contributed by atoms with Crippen molar-refractivity contribution in [1.29, 1.82) is 0 Å². The van der Waals surface area contributed by atoms with Crippen molar-refractivity contribution in [3.8, 4) is 71.0 Å². The van der Waals surface area contributed by atoms with E-state index in [1.807, 2.05) is 68.0 Å². The molecule has 2 aliphatic carbocycles. The van der Waals surface area contributed by atoms with E-state index in [0.29, 0.717) is 0 Å². The number of rotatable bonds is 35. The molecule has 0 saturated heterocycles. The van der Waals surface area contributed by atoms with Gasteiger partial charge in [0.1, 0.15) is 11.0 Å². The van der Waals surface area contributed by atoms with Crippen molar-refractivity contribution in [2.75, 3.05) is 0 Å². The second-order valence-corrected chi connectivity index (χ2v) is 99.0. The number of fused-ring (bicyclic) bond motifs is 7. The lowest BCUT2D eigenvalue weighted by molar-refractivity contribution is 0.666. The predicted octanol–water partition coefficient (Wildman–Crippen LogP) is 37.2. The third-order valence-corrected chi connectivity index (χ3v) is 126. The number of benzene rings is 6. The van der Waals surface area contributed by atoms with Gasteiger partial charge in [-0.1, -0.05) is 214 Å². The Morgan fingerprint density at radius 1 is 0.283 bits per heavy atom. The summed E-state index contributed by atoms with van der Waals surface area (Å²) in [5, 5.41) is 0. The fourth-order valence-electron chi connectivity index (χ4n) is 16.5. The Morgan fingerprint density at radius 2 is 0.619 bits per heavy atom. The standard InChI is InChI=1S/C88H88N2S7.H18P16/c1-7-11-15-19-23-59-28-36-63(37-29-59)87(64-38-30-60(31-39-64)24-20-16-12-8-2)71-55-70-72(54-69(71)85-73(87)53-58(6)92-85)88(65-40-32-61(33-41-65)25-21-17-13-9-3,66-42-34-62(35-43-66)26-22-18-14-10-4)74-56-82(96-86(70)74)81-52-51-80(95-81)79-50-48-76(94-79)68-45-44-67(83-84(68)90-97-89-83)75-47-49-78(93-75)77-46-27-57(5)91-77;1-10(2)14(9)16(13(7)8)15(11(3)4)12(5)6/h27-56H,7-26H2,1-6H3;1-9H2. The van der Waals surface area contributed by atoms with E-state index < -0.39 is 10.8 Å². The molecule has 0 aliphatic heterocycles. The smallest absolute Gasteiger partial charge is 0.114 e. The summed E-state index contributed by atoms with van der Waals surface area (Å²) in [6.07, 6.45) is 24.7. The molecule has 11 atom stereocenters. The second-order valence-electron chi connectivity index (χ2n) is 29.8. The monoisotopic (exact) mass is 1910 g/mol. The van der Waals surface area contributed by atoms with Crippen LogP contribution in [0, 0.1) is 13.8 Å². The minimum atomic E-state index is -0.574. The summed E-state index contributed by atoms with van der Waals surface area (Å²) >= 11 is 12.8. The van der Waals surface area contributed by atoms with Crippen molar-refractivity contribution in [2.45, 2.75) is 181 Å². The van der Waals surface area contributed by atoms with Crippen LogP contribution in [0.1, 0.15) is 207 Å². The molecule has 6 aromatic carbocycles. The maximum Gasteiger partial charge on any atom is 0.114 e. The van der Waals surface area contributed by atoms with Gasteiger partial charge in [-0.3, -0.25) is 0 Å². The van der Waals surface area contributed by atoms with E-state index in [2.05, 4.69) is 304 Å². The summed E-state index contributed by atoms with van der Waals surface area (Å²) in [6, 6.07) is 73.6. The van der Waals surface area contributed by atoms with E-state index >= 15 is 0 Å². The first kappa shape index (κ1) is 89.5. The number of unbranched alkanes of at least 4 members (excludes halogenated alkanes) is 12. The molecule has 0 bridgehead atoms. The topological polar surface area (TPSA) is 25.8 Å². The molecule has 0 N–H and O–H groups in total. The Kier molecular flexibility index (Phi) is 33.1. The molecule has 15 rings (SSSR count). The van der Waals surface area contributed by atoms with Crippen LogP contribution in [-0.4, -0.2) is 8.75 Å². The highest BCUT2D eigenvalue weighted by Gasteiger charge is 2.53. The third-order valence-electron chi connectivity index (χ3n) is 22.1. The van der Waals surface area contributed by atoms with Gasteiger partial charge in [0.2, 0.25) is 0 Å². The molecule has 0 fully saturated rings. The molecule has 11 unspecified atom stereocenters. The average molecular weight is 1910 g/mol. The van der Waals surface area contributed by atoms with Crippen LogP contribution < -0.4 is 0 Å². The van der Waals surface area contributed by atoms with Gasteiger partial charge < -0.3 is 0 Å². The van der Waals surface area contributed by atoms with Gasteiger partial charge in [-0.05, 0) is 265 Å². The molecule has 7 aromatic heterocycles. The summed E-state index contributed by atoms with van der Waals surface area (Å²) in [5.74, 6) is 0. The van der Waals surface area contributed by atoms with Crippen molar-refractivity contribution in [3.05, 3.63) is 259 Å². The lowest BCUT2D eigenvalue weighted by Crippen LogP contribution is -2.30. The van der Waals surface area contributed by atoms with Crippen LogP contribution in [0.5, 0.6) is 0 Å². The van der Waals surface area contributed by atoms with Crippen LogP contribution in [0.25, 0.3) is 82.1 Å². The first-order valence-corrected chi connectivity index (χ1v) is 73.5. The van der Waals surface area contributed by atoms with Gasteiger partial charge in [0.25, 0.3) is 0 Å². The highest BCUT2D eigenvalue weighted by molar-refractivity contribution is 9.30. The Hall–Kier alpha value is 0.220. The molecule has 590 valence electrons. The van der Waals surface area contributed by atoms with E-state index in [0.717, 1.165) is 47.8 Å². The predicted molar refractivity (Wildman–Crippen MR) is 563 cm³/mol. The molecule has 0 saturated carbocycles. The number of hydrogen-bond acceptors (Lipinski definition) is 9. The van der Waals surface area contributed by atoms with Gasteiger partial charge in [-0.2, -0.15) is 8.75 Å². The summed E-state index contributed by atoms with van der Waals surface area (Å²) in [4.78, 5) is 15.8. The van der Waals surface area contributed by atoms with Gasteiger partial charge in [0, 0.05) is 69.7 Å². The zero-order valence-electron chi connectivity index (χ0n) is 65.5. The molecular formula is C88H106N2P16S7. The van der Waals surface area contributed by atoms with Gasteiger partial charge in [-0.25, -0.2) is 0 Å². The zero-order chi connectivity index (χ0) is 79.1. The molecule has 113 heavy (non-hydrogen) atoms. The van der Waals surface area contributed by atoms with Crippen LogP contribution >= 0.6 is 209 Å². The number of thiophene rings is 6. The van der Waals surface area contributed by atoms with Crippen LogP contribution in [-0.2, 0) is 36.5 Å². The van der Waals surface area contributed by atoms with Gasteiger partial charge in [0.15, 0.2) is 0 Å². The number of aryl methyl sites for hydroxylation is 6. The van der Waals surface area contributed by atoms with E-state index in [1.54, 1.807) is 0 Å². The van der Waals surface area contributed by atoms with Crippen molar-refractivity contribution >= 4 is 220 Å². The first-order chi connectivity index (χ1) is 54.9. The molecule has 25 heteroatoms. The molecule has 2 nitrogen and oxygen atoms in total. The van der Waals surface area contributed by atoms with E-state index in [4.69, 9.17) is 8.75 Å². The quantitative estimate of drug-likeness (QED) is 0.0292. The SMILES string of the molecule is CCCCCCc1ccc(C2(c3ccc(CCCCCC)cc3)c3cc4c(cc3-c3sc(C)cc32)C(c2ccc(CCCCCC)cc2)(c2ccc(CCCCCC)cc2)c2cc(-c3ccc(-c5ccc(-c6ccc(-c7ccc(-c8ccc(C)s8)s7)c7nsnc67)s5)s3)sc2-4)cc1.PP(P)P(P)P(P(P)P)P(P(P)P)P(P)P. The van der Waals surface area contributed by atoms with E-state index in [9.17, 15) is 0 Å². The maximum atomic E-state index is 4.97. The van der Waals surface area contributed by atoms with Gasteiger partial charge >= 0.3 is 0 Å². The fraction of sp³-hybridized carbons (Fsp3) is 0.318. The largest absolute Gasteiger partial charge is 0.172 e. The van der Waals surface area contributed by atoms with Crippen LogP contribution in [0.2, 0.25) is 0 Å². The highest BCUT2D eigenvalue weighted by Crippen LogP contribution is 3.24. The van der Waals surface area contributed by atoms with Crippen molar-refractivity contribution in [3.63, 3.8) is 0 Å². The van der Waals surface area contributed by atoms with Crippen LogP contribution in [0.4, 0.5) is 0 Å². The van der Waals surface area contributed by atoms with Crippen molar-refractivity contribution in [1.82, 2.24) is 8.75 Å². The Bertz CT molecular complexity index is 5190. The molecular weight excluding hydrogens is 1810 g/mol. The second kappa shape index (κ2) is 41.8. The summed E-state index contributed by atoms with van der Waals surface area (Å²) in [6.45, 7) is 14.5. The van der Waals surface area contributed by atoms with Gasteiger partial charge in [-0.15, -0.1) is 148 Å². The summed E-state index contributed by atoms with van der Waals surface area (Å²) in [7, 11) is 27.8. The number of nitrogens with zero attached hydrogens (tertiary/aromatic N) is 2. The normalized spacial score (nSPS) is 13.9. The Morgan fingerprint density at radius 3 is 0.973 bits per heavy atom. The first-order valence-electron chi connectivity index (χ1n) is 39.7. The molecule has 13 aromatic rings. The fourth-order valence-corrected chi connectivity index (χ4v) is 187. The average Bonchev–Trinajstić information content (AvgIpc) is 1.50. The molecule has 0 radical (unpaired) electrons. The number of hydrogen-bond donors (Lipinski definition) is 0. The van der Waals surface area contributed by atoms with Crippen molar-refractivity contribution in [2.24, 2.45) is 0 Å². The third kappa shape index (κ3) is 19.7. The molecule has 7 heterocycles. The minimum absolute atomic E-state index is 0.0635. The Balaban J connectivity index is 0.000000596. The van der Waals surface area contributed by atoms with Gasteiger partial charge in [0.05, 0.1) is 22.6 Å². The summed E-state index contributed by atoms with van der Waals surface area (Å²) in [5.41, 5.74) is 22.8. The summed E-state index contributed by atoms with van der Waals surface area (Å²) < 4.78 is 9.90. The molecule has 2 aliphatic rings. The lowest BCUT2D eigenvalue weighted by Gasteiger charge is -2.40. The maximum absolute atomic E-state index is 4.97.